The van der Waals surface area contributed by atoms with Gasteiger partial charge in [-0.2, -0.15) is 0 Å². The Morgan fingerprint density at radius 2 is 1.74 bits per heavy atom. The van der Waals surface area contributed by atoms with E-state index in [2.05, 4.69) is 4.98 Å². The Hall–Kier alpha value is -3.28. The maximum absolute atomic E-state index is 13.1. The van der Waals surface area contributed by atoms with Crippen molar-refractivity contribution in [1.29, 1.82) is 0 Å². The minimum atomic E-state index is -1.10. The van der Waals surface area contributed by atoms with Crippen molar-refractivity contribution in [3.63, 3.8) is 0 Å². The van der Waals surface area contributed by atoms with E-state index in [1.54, 1.807) is 18.2 Å². The summed E-state index contributed by atoms with van der Waals surface area (Å²) in [6.07, 6.45) is 0. The largest absolute Gasteiger partial charge is 0.478 e. The van der Waals surface area contributed by atoms with Gasteiger partial charge in [0.15, 0.2) is 0 Å². The average Bonchev–Trinajstić information content (AvgIpc) is 2.53. The van der Waals surface area contributed by atoms with Crippen LogP contribution in [0.4, 0.5) is 4.39 Å². The Morgan fingerprint density at radius 1 is 1.04 bits per heavy atom. The molecular formula is C17H11FN2O3. The highest BCUT2D eigenvalue weighted by Crippen LogP contribution is 2.29. The summed E-state index contributed by atoms with van der Waals surface area (Å²) in [5, 5.41) is 9.72. The summed E-state index contributed by atoms with van der Waals surface area (Å²) in [4.78, 5) is 26.7. The molecule has 1 amide bonds. The van der Waals surface area contributed by atoms with E-state index in [1.165, 1.54) is 30.3 Å². The molecule has 0 aliphatic rings. The van der Waals surface area contributed by atoms with Crippen LogP contribution in [0.1, 0.15) is 20.8 Å². The highest BCUT2D eigenvalue weighted by molar-refractivity contribution is 6.02. The highest BCUT2D eigenvalue weighted by atomic mass is 19.1. The molecule has 6 heteroatoms. The number of benzene rings is 2. The number of hydrogen-bond donors (Lipinski definition) is 2. The van der Waals surface area contributed by atoms with Crippen molar-refractivity contribution in [2.75, 3.05) is 0 Å². The molecule has 3 aromatic rings. The number of carboxylic acid groups (broad SMARTS) is 1. The normalized spacial score (nSPS) is 10.7. The zero-order valence-electron chi connectivity index (χ0n) is 11.8. The number of amides is 1. The number of carbonyl (C=O) groups is 2. The van der Waals surface area contributed by atoms with Gasteiger partial charge in [0, 0.05) is 5.39 Å². The average molecular weight is 310 g/mol. The number of pyridine rings is 1. The van der Waals surface area contributed by atoms with Crippen LogP contribution in [0.15, 0.2) is 48.5 Å². The van der Waals surface area contributed by atoms with Gasteiger partial charge in [-0.15, -0.1) is 0 Å². The molecule has 23 heavy (non-hydrogen) atoms. The lowest BCUT2D eigenvalue weighted by Gasteiger charge is -2.09. The summed E-state index contributed by atoms with van der Waals surface area (Å²) in [6.45, 7) is 0. The molecule has 0 saturated heterocycles. The number of fused-ring (bicyclic) bond motifs is 1. The van der Waals surface area contributed by atoms with Crippen LogP contribution in [0.2, 0.25) is 0 Å². The van der Waals surface area contributed by atoms with Gasteiger partial charge in [0.1, 0.15) is 11.5 Å². The van der Waals surface area contributed by atoms with Crippen molar-refractivity contribution in [1.82, 2.24) is 4.98 Å². The highest BCUT2D eigenvalue weighted by Gasteiger charge is 2.13. The number of rotatable bonds is 3. The van der Waals surface area contributed by atoms with Gasteiger partial charge in [-0.25, -0.2) is 14.2 Å². The van der Waals surface area contributed by atoms with Crippen molar-refractivity contribution in [3.05, 3.63) is 65.6 Å². The molecular weight excluding hydrogens is 299 g/mol. The van der Waals surface area contributed by atoms with Crippen molar-refractivity contribution in [2.24, 2.45) is 5.73 Å². The zero-order valence-corrected chi connectivity index (χ0v) is 11.8. The Balaban J connectivity index is 2.32. The lowest BCUT2D eigenvalue weighted by molar-refractivity contribution is 0.0697. The SMILES string of the molecule is NC(=O)c1cc(-c2ccc(F)cc2)c2ccc(C(=O)O)cc2n1. The van der Waals surface area contributed by atoms with Gasteiger partial charge >= 0.3 is 5.97 Å². The Morgan fingerprint density at radius 3 is 2.35 bits per heavy atom. The van der Waals surface area contributed by atoms with Crippen molar-refractivity contribution >= 4 is 22.8 Å². The first-order valence-electron chi connectivity index (χ1n) is 6.69. The fraction of sp³-hybridized carbons (Fsp3) is 0. The Bertz CT molecular complexity index is 931. The van der Waals surface area contributed by atoms with Gasteiger partial charge in [0.05, 0.1) is 11.1 Å². The van der Waals surface area contributed by atoms with E-state index in [-0.39, 0.29) is 17.1 Å². The number of nitrogens with zero attached hydrogens (tertiary/aromatic N) is 1. The minimum absolute atomic E-state index is 0.0133. The molecule has 0 aliphatic heterocycles. The van der Waals surface area contributed by atoms with E-state index in [4.69, 9.17) is 10.8 Å². The van der Waals surface area contributed by atoms with Gasteiger partial charge in [0.2, 0.25) is 0 Å². The van der Waals surface area contributed by atoms with E-state index in [1.807, 2.05) is 0 Å². The number of aromatic nitrogens is 1. The predicted molar refractivity (Wildman–Crippen MR) is 82.6 cm³/mol. The molecule has 0 atom stereocenters. The summed E-state index contributed by atoms with van der Waals surface area (Å²) in [6, 6.07) is 11.7. The van der Waals surface area contributed by atoms with Crippen LogP contribution in [-0.4, -0.2) is 22.0 Å². The topological polar surface area (TPSA) is 93.3 Å². The Kier molecular flexibility index (Phi) is 3.50. The van der Waals surface area contributed by atoms with Gasteiger partial charge in [0.25, 0.3) is 5.91 Å². The van der Waals surface area contributed by atoms with Crippen molar-refractivity contribution < 1.29 is 19.1 Å². The summed E-state index contributed by atoms with van der Waals surface area (Å²) in [7, 11) is 0. The van der Waals surface area contributed by atoms with Crippen LogP contribution >= 0.6 is 0 Å². The molecule has 0 spiro atoms. The second-order valence-corrected chi connectivity index (χ2v) is 4.96. The molecule has 0 fully saturated rings. The number of aromatic carboxylic acids is 1. The van der Waals surface area contributed by atoms with Gasteiger partial charge in [-0.1, -0.05) is 18.2 Å². The predicted octanol–water partition coefficient (Wildman–Crippen LogP) is 2.84. The third-order valence-electron chi connectivity index (χ3n) is 3.46. The molecule has 3 N–H and O–H groups in total. The van der Waals surface area contributed by atoms with E-state index >= 15 is 0 Å². The first-order chi connectivity index (χ1) is 11.0. The number of nitrogens with two attached hydrogens (primary N) is 1. The summed E-state index contributed by atoms with van der Waals surface area (Å²) >= 11 is 0. The number of carboxylic acids is 1. The van der Waals surface area contributed by atoms with Gasteiger partial charge in [-0.3, -0.25) is 4.79 Å². The van der Waals surface area contributed by atoms with Crippen LogP contribution < -0.4 is 5.73 Å². The molecule has 1 heterocycles. The molecule has 3 rings (SSSR count). The number of primary amides is 1. The number of carbonyl (C=O) groups excluding carboxylic acids is 1. The van der Waals surface area contributed by atoms with E-state index in [0.29, 0.717) is 22.0 Å². The van der Waals surface area contributed by atoms with Crippen LogP contribution in [0.5, 0.6) is 0 Å². The smallest absolute Gasteiger partial charge is 0.335 e. The molecule has 114 valence electrons. The van der Waals surface area contributed by atoms with Gasteiger partial charge in [-0.05, 0) is 41.5 Å². The third kappa shape index (κ3) is 2.74. The zero-order chi connectivity index (χ0) is 16.6. The second-order valence-electron chi connectivity index (χ2n) is 4.96. The molecule has 0 unspecified atom stereocenters. The number of halogens is 1. The number of hydrogen-bond acceptors (Lipinski definition) is 3. The van der Waals surface area contributed by atoms with Crippen LogP contribution in [0.3, 0.4) is 0 Å². The maximum atomic E-state index is 13.1. The molecule has 1 aromatic heterocycles. The van der Waals surface area contributed by atoms with Crippen molar-refractivity contribution in [2.45, 2.75) is 0 Å². The van der Waals surface area contributed by atoms with Crippen LogP contribution in [0, 0.1) is 5.82 Å². The maximum Gasteiger partial charge on any atom is 0.335 e. The fourth-order valence-electron chi connectivity index (χ4n) is 2.36. The molecule has 0 bridgehead atoms. The molecule has 5 nitrogen and oxygen atoms in total. The first-order valence-corrected chi connectivity index (χ1v) is 6.69. The minimum Gasteiger partial charge on any atom is -0.478 e. The van der Waals surface area contributed by atoms with E-state index in [9.17, 15) is 14.0 Å². The summed E-state index contributed by atoms with van der Waals surface area (Å²) < 4.78 is 13.1. The Labute approximate surface area is 130 Å². The summed E-state index contributed by atoms with van der Waals surface area (Å²) in [5.74, 6) is -2.20. The lowest BCUT2D eigenvalue weighted by atomic mass is 9.99. The lowest BCUT2D eigenvalue weighted by Crippen LogP contribution is -2.13. The fourth-order valence-corrected chi connectivity index (χ4v) is 2.36. The standard InChI is InChI=1S/C17H11FN2O3/c18-11-4-1-9(2-5-11)13-8-15(16(19)21)20-14-7-10(17(22)23)3-6-12(13)14/h1-8H,(H2,19,21)(H,22,23). The van der Waals surface area contributed by atoms with E-state index < -0.39 is 11.9 Å². The monoisotopic (exact) mass is 310 g/mol. The second kappa shape index (κ2) is 5.49. The van der Waals surface area contributed by atoms with E-state index in [0.717, 1.165) is 0 Å². The van der Waals surface area contributed by atoms with Crippen LogP contribution in [-0.2, 0) is 0 Å². The molecule has 0 radical (unpaired) electrons. The van der Waals surface area contributed by atoms with Crippen LogP contribution in [0.25, 0.3) is 22.0 Å². The molecule has 0 aliphatic carbocycles. The quantitative estimate of drug-likeness (QED) is 0.778. The molecule has 0 saturated carbocycles. The first kappa shape index (κ1) is 14.6. The van der Waals surface area contributed by atoms with Gasteiger partial charge < -0.3 is 10.8 Å². The summed E-state index contributed by atoms with van der Waals surface area (Å²) in [5.41, 5.74) is 6.99. The van der Waals surface area contributed by atoms with Crippen molar-refractivity contribution in [3.8, 4) is 11.1 Å². The third-order valence-corrected chi connectivity index (χ3v) is 3.46. The molecule has 2 aromatic carbocycles.